The standard InChI is InChI=1S/C21H21N5O/c1-3-14-8-9-16(18(27)12-14)19-17-7-4-10-22-20(17)21(25-24-19)23-15-6-5-11-26(2)13-15/h1,4,7-10,12,15,27H,5-6,11,13H2,2H3,(H,23,25). The van der Waals surface area contributed by atoms with Gasteiger partial charge in [-0.05, 0) is 56.8 Å². The number of pyridine rings is 1. The number of likely N-dealkylation sites (tertiary alicyclic amines) is 1. The fourth-order valence-electron chi connectivity index (χ4n) is 3.58. The molecule has 1 aliphatic heterocycles. The van der Waals surface area contributed by atoms with Crippen molar-refractivity contribution in [3.05, 3.63) is 42.1 Å². The maximum absolute atomic E-state index is 10.4. The van der Waals surface area contributed by atoms with Crippen LogP contribution in [0.4, 0.5) is 5.82 Å². The lowest BCUT2D eigenvalue weighted by molar-refractivity contribution is 0.261. The molecule has 3 aromatic rings. The lowest BCUT2D eigenvalue weighted by Crippen LogP contribution is -2.40. The van der Waals surface area contributed by atoms with E-state index in [4.69, 9.17) is 6.42 Å². The highest BCUT2D eigenvalue weighted by Gasteiger charge is 2.20. The molecule has 0 aliphatic carbocycles. The fraction of sp³-hybridized carbons (Fsp3) is 0.286. The number of phenolic OH excluding ortho intramolecular Hbond substituents is 1. The number of aromatic hydroxyl groups is 1. The summed E-state index contributed by atoms with van der Waals surface area (Å²) in [6.45, 7) is 2.08. The van der Waals surface area contributed by atoms with Crippen LogP contribution >= 0.6 is 0 Å². The molecule has 0 bridgehead atoms. The van der Waals surface area contributed by atoms with E-state index in [0.29, 0.717) is 28.7 Å². The van der Waals surface area contributed by atoms with E-state index >= 15 is 0 Å². The maximum Gasteiger partial charge on any atom is 0.175 e. The Morgan fingerprint density at radius 3 is 2.96 bits per heavy atom. The Labute approximate surface area is 158 Å². The van der Waals surface area contributed by atoms with Crippen LogP contribution in [0.2, 0.25) is 0 Å². The fourth-order valence-corrected chi connectivity index (χ4v) is 3.58. The predicted octanol–water partition coefficient (Wildman–Crippen LogP) is 2.88. The van der Waals surface area contributed by atoms with Gasteiger partial charge in [0.1, 0.15) is 17.0 Å². The van der Waals surface area contributed by atoms with Gasteiger partial charge in [-0.1, -0.05) is 5.92 Å². The number of phenols is 1. The molecule has 0 amide bonds. The predicted molar refractivity (Wildman–Crippen MR) is 107 cm³/mol. The minimum absolute atomic E-state index is 0.0829. The van der Waals surface area contributed by atoms with E-state index in [9.17, 15) is 5.11 Å². The van der Waals surface area contributed by atoms with Gasteiger partial charge in [0.05, 0.1) is 0 Å². The van der Waals surface area contributed by atoms with Gasteiger partial charge in [0.15, 0.2) is 5.82 Å². The Kier molecular flexibility index (Phi) is 4.61. The van der Waals surface area contributed by atoms with Crippen LogP contribution in [0.15, 0.2) is 36.5 Å². The Balaban J connectivity index is 1.76. The monoisotopic (exact) mass is 359 g/mol. The van der Waals surface area contributed by atoms with Crippen molar-refractivity contribution in [3.63, 3.8) is 0 Å². The highest BCUT2D eigenvalue weighted by atomic mass is 16.3. The second-order valence-corrected chi connectivity index (χ2v) is 6.92. The summed E-state index contributed by atoms with van der Waals surface area (Å²) >= 11 is 0. The molecule has 0 radical (unpaired) electrons. The zero-order valence-corrected chi connectivity index (χ0v) is 15.2. The summed E-state index contributed by atoms with van der Waals surface area (Å²) in [7, 11) is 2.13. The molecule has 0 spiro atoms. The minimum atomic E-state index is 0.0829. The van der Waals surface area contributed by atoms with Crippen LogP contribution < -0.4 is 5.32 Å². The van der Waals surface area contributed by atoms with Crippen molar-refractivity contribution in [2.45, 2.75) is 18.9 Å². The average Bonchev–Trinajstić information content (AvgIpc) is 2.68. The van der Waals surface area contributed by atoms with Crippen LogP contribution in [-0.4, -0.2) is 51.4 Å². The average molecular weight is 359 g/mol. The summed E-state index contributed by atoms with van der Waals surface area (Å²) in [5.74, 6) is 3.28. The van der Waals surface area contributed by atoms with Gasteiger partial charge in [-0.15, -0.1) is 16.6 Å². The number of aromatic nitrogens is 3. The third kappa shape index (κ3) is 3.42. The molecule has 136 valence electrons. The highest BCUT2D eigenvalue weighted by Crippen LogP contribution is 2.34. The van der Waals surface area contributed by atoms with Crippen LogP contribution in [0.25, 0.3) is 22.2 Å². The first-order chi connectivity index (χ1) is 13.2. The Hall–Kier alpha value is -3.17. The van der Waals surface area contributed by atoms with Crippen molar-refractivity contribution < 1.29 is 5.11 Å². The minimum Gasteiger partial charge on any atom is -0.507 e. The Bertz CT molecular complexity index is 1030. The first-order valence-corrected chi connectivity index (χ1v) is 9.02. The van der Waals surface area contributed by atoms with Crippen LogP contribution in [-0.2, 0) is 0 Å². The van der Waals surface area contributed by atoms with E-state index < -0.39 is 0 Å². The lowest BCUT2D eigenvalue weighted by Gasteiger charge is -2.30. The van der Waals surface area contributed by atoms with E-state index in [2.05, 4.69) is 38.4 Å². The van der Waals surface area contributed by atoms with Gasteiger partial charge in [0.2, 0.25) is 0 Å². The second-order valence-electron chi connectivity index (χ2n) is 6.92. The molecular formula is C21H21N5O. The second kappa shape index (κ2) is 7.22. The third-order valence-corrected chi connectivity index (χ3v) is 4.92. The van der Waals surface area contributed by atoms with Gasteiger partial charge >= 0.3 is 0 Å². The van der Waals surface area contributed by atoms with Crippen molar-refractivity contribution in [3.8, 4) is 29.4 Å². The topological polar surface area (TPSA) is 74.2 Å². The van der Waals surface area contributed by atoms with E-state index in [-0.39, 0.29) is 5.75 Å². The summed E-state index contributed by atoms with van der Waals surface area (Å²) in [6, 6.07) is 9.23. The first-order valence-electron chi connectivity index (χ1n) is 9.02. The van der Waals surface area contributed by atoms with Gasteiger partial charge in [-0.2, -0.15) is 0 Å². The van der Waals surface area contributed by atoms with Crippen LogP contribution in [0, 0.1) is 12.3 Å². The molecule has 1 atom stereocenters. The first kappa shape index (κ1) is 17.3. The van der Waals surface area contributed by atoms with E-state index in [1.54, 1.807) is 24.4 Å². The van der Waals surface area contributed by atoms with Crippen molar-refractivity contribution in [2.75, 3.05) is 25.5 Å². The number of anilines is 1. The summed E-state index contributed by atoms with van der Waals surface area (Å²) in [5, 5.41) is 23.5. The van der Waals surface area contributed by atoms with E-state index in [0.717, 1.165) is 36.8 Å². The number of fused-ring (bicyclic) bond motifs is 1. The number of benzene rings is 1. The SMILES string of the molecule is C#Cc1ccc(-c2nnc(NC3CCCN(C)C3)c3ncccc23)c(O)c1. The zero-order valence-electron chi connectivity index (χ0n) is 15.2. The van der Waals surface area contributed by atoms with Crippen molar-refractivity contribution in [1.82, 2.24) is 20.1 Å². The quantitative estimate of drug-likeness (QED) is 0.701. The van der Waals surface area contributed by atoms with Gasteiger partial charge in [-0.25, -0.2) is 0 Å². The molecule has 2 N–H and O–H groups in total. The molecule has 2 aromatic heterocycles. The third-order valence-electron chi connectivity index (χ3n) is 4.92. The van der Waals surface area contributed by atoms with Crippen molar-refractivity contribution in [1.29, 1.82) is 0 Å². The Morgan fingerprint density at radius 1 is 1.30 bits per heavy atom. The summed E-state index contributed by atoms with van der Waals surface area (Å²) in [6.07, 6.45) is 9.40. The smallest absolute Gasteiger partial charge is 0.175 e. The van der Waals surface area contributed by atoms with Gasteiger partial charge < -0.3 is 15.3 Å². The molecule has 6 nitrogen and oxygen atoms in total. The van der Waals surface area contributed by atoms with Crippen molar-refractivity contribution in [2.24, 2.45) is 0 Å². The maximum atomic E-state index is 10.4. The normalized spacial score (nSPS) is 17.6. The lowest BCUT2D eigenvalue weighted by atomic mass is 10.0. The number of piperidine rings is 1. The summed E-state index contributed by atoms with van der Waals surface area (Å²) < 4.78 is 0. The molecule has 27 heavy (non-hydrogen) atoms. The van der Waals surface area contributed by atoms with Crippen LogP contribution in [0.1, 0.15) is 18.4 Å². The molecule has 4 rings (SSSR count). The molecule has 1 aliphatic rings. The number of rotatable bonds is 3. The van der Waals surface area contributed by atoms with E-state index in [1.807, 2.05) is 12.1 Å². The van der Waals surface area contributed by atoms with E-state index in [1.165, 1.54) is 0 Å². The zero-order chi connectivity index (χ0) is 18.8. The molecule has 3 heterocycles. The molecule has 6 heteroatoms. The summed E-state index contributed by atoms with van der Waals surface area (Å²) in [5.41, 5.74) is 2.54. The molecular weight excluding hydrogens is 338 g/mol. The van der Waals surface area contributed by atoms with Crippen molar-refractivity contribution >= 4 is 16.7 Å². The number of nitrogens with one attached hydrogen (secondary N) is 1. The number of hydrogen-bond acceptors (Lipinski definition) is 6. The van der Waals surface area contributed by atoms with Crippen LogP contribution in [0.3, 0.4) is 0 Å². The largest absolute Gasteiger partial charge is 0.507 e. The number of likely N-dealkylation sites (N-methyl/N-ethyl adjacent to an activating group) is 1. The Morgan fingerprint density at radius 2 is 2.19 bits per heavy atom. The molecule has 1 fully saturated rings. The van der Waals surface area contributed by atoms with Gasteiger partial charge in [-0.3, -0.25) is 4.98 Å². The molecule has 1 aromatic carbocycles. The number of nitrogens with zero attached hydrogens (tertiary/aromatic N) is 4. The number of hydrogen-bond donors (Lipinski definition) is 2. The van der Waals surface area contributed by atoms with Crippen LogP contribution in [0.5, 0.6) is 5.75 Å². The highest BCUT2D eigenvalue weighted by molar-refractivity contribution is 5.98. The summed E-state index contributed by atoms with van der Waals surface area (Å²) in [4.78, 5) is 6.83. The molecule has 1 saturated heterocycles. The van der Waals surface area contributed by atoms with Gasteiger partial charge in [0, 0.05) is 35.3 Å². The van der Waals surface area contributed by atoms with Gasteiger partial charge in [0.25, 0.3) is 0 Å². The molecule has 1 unspecified atom stereocenters. The number of terminal acetylenes is 1. The molecule has 0 saturated carbocycles.